The van der Waals surface area contributed by atoms with Gasteiger partial charge in [0.25, 0.3) is 5.69 Å². The molecule has 2 rings (SSSR count). The second kappa shape index (κ2) is 5.13. The molecule has 5 heteroatoms. The molecule has 102 valence electrons. The molecule has 0 fully saturated rings. The Balaban J connectivity index is 2.67. The van der Waals surface area contributed by atoms with E-state index in [-0.39, 0.29) is 11.3 Å². The Morgan fingerprint density at radius 1 is 1.10 bits per heavy atom. The fourth-order valence-corrected chi connectivity index (χ4v) is 2.16. The number of aryl methyl sites for hydroxylation is 2. The maximum atomic E-state index is 11.2. The summed E-state index contributed by atoms with van der Waals surface area (Å²) in [6.45, 7) is 3.82. The van der Waals surface area contributed by atoms with Gasteiger partial charge in [-0.3, -0.25) is 10.1 Å². The smallest absolute Gasteiger partial charge is 0.335 e. The van der Waals surface area contributed by atoms with Crippen molar-refractivity contribution < 1.29 is 14.8 Å². The molecule has 0 heterocycles. The van der Waals surface area contributed by atoms with Crippen molar-refractivity contribution in [3.05, 3.63) is 63.2 Å². The maximum absolute atomic E-state index is 11.2. The van der Waals surface area contributed by atoms with Crippen LogP contribution in [0.25, 0.3) is 11.1 Å². The zero-order valence-corrected chi connectivity index (χ0v) is 11.1. The van der Waals surface area contributed by atoms with Crippen molar-refractivity contribution >= 4 is 11.7 Å². The molecule has 5 nitrogen and oxygen atoms in total. The zero-order valence-electron chi connectivity index (χ0n) is 11.1. The van der Waals surface area contributed by atoms with Crippen molar-refractivity contribution in [3.8, 4) is 11.1 Å². The van der Waals surface area contributed by atoms with E-state index in [4.69, 9.17) is 5.11 Å². The van der Waals surface area contributed by atoms with E-state index in [0.29, 0.717) is 5.56 Å². The molecule has 0 saturated carbocycles. The summed E-state index contributed by atoms with van der Waals surface area (Å²) in [4.78, 5) is 21.5. The molecule has 20 heavy (non-hydrogen) atoms. The number of nitrogens with zero attached hydrogens (tertiary/aromatic N) is 1. The summed E-state index contributed by atoms with van der Waals surface area (Å²) in [5, 5.41) is 20.1. The van der Waals surface area contributed by atoms with Gasteiger partial charge in [-0.15, -0.1) is 0 Å². The third-order valence-electron chi connectivity index (χ3n) is 3.11. The van der Waals surface area contributed by atoms with Gasteiger partial charge in [-0.05, 0) is 37.1 Å². The molecule has 1 N–H and O–H groups in total. The lowest BCUT2D eigenvalue weighted by molar-refractivity contribution is -0.384. The molecular weight excluding hydrogens is 258 g/mol. The van der Waals surface area contributed by atoms with Gasteiger partial charge in [0, 0.05) is 6.07 Å². The van der Waals surface area contributed by atoms with Crippen molar-refractivity contribution in [3.63, 3.8) is 0 Å². The molecule has 0 atom stereocenters. The Hall–Kier alpha value is -2.69. The Morgan fingerprint density at radius 2 is 1.75 bits per heavy atom. The van der Waals surface area contributed by atoms with Gasteiger partial charge < -0.3 is 5.11 Å². The standard InChI is InChI=1S/C15H13NO4/c1-9-3-5-12(10(2)7-9)13-6-4-11(15(17)18)8-14(13)16(19)20/h3-8H,1-2H3,(H,17,18). The fourth-order valence-electron chi connectivity index (χ4n) is 2.16. The predicted molar refractivity (Wildman–Crippen MR) is 75.0 cm³/mol. The first-order chi connectivity index (χ1) is 9.40. The number of nitro groups is 1. The number of hydrogen-bond acceptors (Lipinski definition) is 3. The number of carboxylic acid groups (broad SMARTS) is 1. The van der Waals surface area contributed by atoms with E-state index in [9.17, 15) is 14.9 Å². The van der Waals surface area contributed by atoms with Gasteiger partial charge in [-0.1, -0.05) is 23.8 Å². The molecule has 0 aliphatic heterocycles. The van der Waals surface area contributed by atoms with E-state index in [1.165, 1.54) is 12.1 Å². The quantitative estimate of drug-likeness (QED) is 0.683. The van der Waals surface area contributed by atoms with Crippen LogP contribution in [-0.2, 0) is 0 Å². The Bertz CT molecular complexity index is 707. The first-order valence-corrected chi connectivity index (χ1v) is 5.99. The van der Waals surface area contributed by atoms with Crippen LogP contribution in [0.5, 0.6) is 0 Å². The van der Waals surface area contributed by atoms with Gasteiger partial charge in [0.2, 0.25) is 0 Å². The van der Waals surface area contributed by atoms with Gasteiger partial charge >= 0.3 is 5.97 Å². The van der Waals surface area contributed by atoms with Crippen LogP contribution >= 0.6 is 0 Å². The van der Waals surface area contributed by atoms with Crippen molar-refractivity contribution in [1.29, 1.82) is 0 Å². The second-order valence-electron chi connectivity index (χ2n) is 4.61. The fraction of sp³-hybridized carbons (Fsp3) is 0.133. The van der Waals surface area contributed by atoms with Crippen LogP contribution in [0.15, 0.2) is 36.4 Å². The van der Waals surface area contributed by atoms with E-state index in [2.05, 4.69) is 0 Å². The molecule has 0 aliphatic carbocycles. The molecule has 2 aromatic rings. The molecule has 0 aliphatic rings. The van der Waals surface area contributed by atoms with Gasteiger partial charge in [-0.25, -0.2) is 4.79 Å². The summed E-state index contributed by atoms with van der Waals surface area (Å²) < 4.78 is 0. The highest BCUT2D eigenvalue weighted by Gasteiger charge is 2.19. The number of benzene rings is 2. The summed E-state index contributed by atoms with van der Waals surface area (Å²) in [5.41, 5.74) is 2.85. The van der Waals surface area contributed by atoms with E-state index in [0.717, 1.165) is 22.8 Å². The molecule has 0 bridgehead atoms. The third kappa shape index (κ3) is 2.51. The van der Waals surface area contributed by atoms with E-state index in [1.54, 1.807) is 0 Å². The Labute approximate surface area is 115 Å². The van der Waals surface area contributed by atoms with Crippen LogP contribution in [0.1, 0.15) is 21.5 Å². The molecule has 0 unspecified atom stereocenters. The van der Waals surface area contributed by atoms with Crippen molar-refractivity contribution in [1.82, 2.24) is 0 Å². The van der Waals surface area contributed by atoms with Gasteiger partial charge in [-0.2, -0.15) is 0 Å². The molecule has 0 amide bonds. The summed E-state index contributed by atoms with van der Waals surface area (Å²) in [5.74, 6) is -1.18. The number of rotatable bonds is 3. The van der Waals surface area contributed by atoms with Crippen molar-refractivity contribution in [2.24, 2.45) is 0 Å². The third-order valence-corrected chi connectivity index (χ3v) is 3.11. The SMILES string of the molecule is Cc1ccc(-c2ccc(C(=O)O)cc2[N+](=O)[O-])c(C)c1. The molecule has 2 aromatic carbocycles. The lowest BCUT2D eigenvalue weighted by atomic mass is 9.96. The largest absolute Gasteiger partial charge is 0.478 e. The van der Waals surface area contributed by atoms with Crippen LogP contribution in [0.4, 0.5) is 5.69 Å². The van der Waals surface area contributed by atoms with Crippen molar-refractivity contribution in [2.75, 3.05) is 0 Å². The number of aromatic carboxylic acids is 1. The number of hydrogen-bond donors (Lipinski definition) is 1. The minimum Gasteiger partial charge on any atom is -0.478 e. The summed E-state index contributed by atoms with van der Waals surface area (Å²) in [6, 6.07) is 9.58. The minimum absolute atomic E-state index is 0.0924. The Morgan fingerprint density at radius 3 is 2.30 bits per heavy atom. The normalized spacial score (nSPS) is 10.3. The Kier molecular flexibility index (Phi) is 3.52. The maximum Gasteiger partial charge on any atom is 0.335 e. The molecule has 0 aromatic heterocycles. The first kappa shape index (κ1) is 13.7. The zero-order chi connectivity index (χ0) is 14.9. The highest BCUT2D eigenvalue weighted by atomic mass is 16.6. The average Bonchev–Trinajstić information content (AvgIpc) is 2.38. The predicted octanol–water partition coefficient (Wildman–Crippen LogP) is 3.58. The van der Waals surface area contributed by atoms with Crippen LogP contribution < -0.4 is 0 Å². The molecular formula is C15H13NO4. The van der Waals surface area contributed by atoms with E-state index >= 15 is 0 Å². The lowest BCUT2D eigenvalue weighted by Gasteiger charge is -2.08. The highest BCUT2D eigenvalue weighted by Crippen LogP contribution is 2.33. The van der Waals surface area contributed by atoms with Crippen LogP contribution in [0.3, 0.4) is 0 Å². The number of carboxylic acids is 1. The van der Waals surface area contributed by atoms with Crippen LogP contribution in [-0.4, -0.2) is 16.0 Å². The average molecular weight is 271 g/mol. The van der Waals surface area contributed by atoms with Crippen molar-refractivity contribution in [2.45, 2.75) is 13.8 Å². The summed E-state index contributed by atoms with van der Waals surface area (Å²) >= 11 is 0. The molecule has 0 saturated heterocycles. The van der Waals surface area contributed by atoms with Crippen LogP contribution in [0.2, 0.25) is 0 Å². The topological polar surface area (TPSA) is 80.4 Å². The highest BCUT2D eigenvalue weighted by molar-refractivity contribution is 5.90. The molecule has 0 spiro atoms. The van der Waals surface area contributed by atoms with E-state index < -0.39 is 10.9 Å². The monoisotopic (exact) mass is 271 g/mol. The van der Waals surface area contributed by atoms with Gasteiger partial charge in [0.15, 0.2) is 0 Å². The molecule has 0 radical (unpaired) electrons. The van der Waals surface area contributed by atoms with Gasteiger partial charge in [0.1, 0.15) is 0 Å². The number of carbonyl (C=O) groups is 1. The second-order valence-corrected chi connectivity index (χ2v) is 4.61. The number of nitro benzene ring substituents is 1. The van der Waals surface area contributed by atoms with Gasteiger partial charge in [0.05, 0.1) is 16.1 Å². The summed E-state index contributed by atoms with van der Waals surface area (Å²) in [7, 11) is 0. The first-order valence-electron chi connectivity index (χ1n) is 5.99. The van der Waals surface area contributed by atoms with Crippen LogP contribution in [0, 0.1) is 24.0 Å². The minimum atomic E-state index is -1.18. The summed E-state index contributed by atoms with van der Waals surface area (Å²) in [6.07, 6.45) is 0. The lowest BCUT2D eigenvalue weighted by Crippen LogP contribution is -2.00. The van der Waals surface area contributed by atoms with E-state index in [1.807, 2.05) is 32.0 Å².